The van der Waals surface area contributed by atoms with Gasteiger partial charge < -0.3 is 15.0 Å². The molecule has 1 aliphatic rings. The van der Waals surface area contributed by atoms with Gasteiger partial charge in [0.2, 0.25) is 0 Å². The quantitative estimate of drug-likeness (QED) is 0.892. The summed E-state index contributed by atoms with van der Waals surface area (Å²) < 4.78 is 5.69. The number of pyridine rings is 1. The maximum atomic E-state index is 12.7. The Labute approximate surface area is 146 Å². The molecule has 0 radical (unpaired) electrons. The Hall–Kier alpha value is -2.11. The van der Waals surface area contributed by atoms with Gasteiger partial charge in [0, 0.05) is 42.8 Å². The highest BCUT2D eigenvalue weighted by Gasteiger charge is 2.23. The van der Waals surface area contributed by atoms with Crippen molar-refractivity contribution in [2.75, 3.05) is 18.5 Å². The summed E-state index contributed by atoms with van der Waals surface area (Å²) in [6.45, 7) is 1.84. The van der Waals surface area contributed by atoms with Gasteiger partial charge in [-0.3, -0.25) is 4.98 Å². The number of nitrogens with one attached hydrogen (secondary N) is 1. The summed E-state index contributed by atoms with van der Waals surface area (Å²) in [4.78, 5) is 18.5. The third-order valence-corrected chi connectivity index (χ3v) is 4.17. The molecule has 1 atom stereocenters. The molecule has 5 nitrogen and oxygen atoms in total. The van der Waals surface area contributed by atoms with Crippen LogP contribution in [0.4, 0.5) is 10.5 Å². The number of nitrogens with zero attached hydrogens (tertiary/aromatic N) is 2. The van der Waals surface area contributed by atoms with Crippen LogP contribution in [0.2, 0.25) is 5.02 Å². The predicted octanol–water partition coefficient (Wildman–Crippen LogP) is 3.95. The highest BCUT2D eigenvalue weighted by Crippen LogP contribution is 2.18. The summed E-state index contributed by atoms with van der Waals surface area (Å²) in [5.41, 5.74) is 1.71. The third-order valence-electron chi connectivity index (χ3n) is 3.93. The lowest BCUT2D eigenvalue weighted by molar-refractivity contribution is 0.0819. The molecule has 6 heteroatoms. The molecule has 0 aliphatic carbocycles. The van der Waals surface area contributed by atoms with Gasteiger partial charge in [-0.2, -0.15) is 0 Å². The van der Waals surface area contributed by atoms with Crippen molar-refractivity contribution in [3.05, 3.63) is 59.4 Å². The van der Waals surface area contributed by atoms with Crippen molar-refractivity contribution in [1.82, 2.24) is 9.88 Å². The Morgan fingerprint density at radius 1 is 1.33 bits per heavy atom. The fourth-order valence-corrected chi connectivity index (χ4v) is 2.92. The molecule has 0 bridgehead atoms. The summed E-state index contributed by atoms with van der Waals surface area (Å²) in [7, 11) is 0. The number of urea groups is 1. The van der Waals surface area contributed by atoms with E-state index in [0.29, 0.717) is 23.8 Å². The van der Waals surface area contributed by atoms with E-state index in [1.165, 1.54) is 0 Å². The van der Waals surface area contributed by atoms with Crippen molar-refractivity contribution in [2.24, 2.45) is 0 Å². The first-order valence-corrected chi connectivity index (χ1v) is 8.40. The van der Waals surface area contributed by atoms with Crippen LogP contribution in [0.5, 0.6) is 0 Å². The van der Waals surface area contributed by atoms with Crippen molar-refractivity contribution in [3.63, 3.8) is 0 Å². The average Bonchev–Trinajstić information content (AvgIpc) is 3.08. The number of amides is 2. The van der Waals surface area contributed by atoms with Crippen molar-refractivity contribution in [3.8, 4) is 0 Å². The minimum absolute atomic E-state index is 0.0944. The molecule has 0 unspecified atom stereocenters. The number of rotatable bonds is 5. The molecule has 3 rings (SSSR count). The molecule has 1 saturated heterocycles. The Balaban J connectivity index is 1.70. The van der Waals surface area contributed by atoms with Crippen molar-refractivity contribution < 1.29 is 9.53 Å². The molecule has 1 fully saturated rings. The van der Waals surface area contributed by atoms with Gasteiger partial charge in [-0.15, -0.1) is 0 Å². The second-order valence-electron chi connectivity index (χ2n) is 5.81. The summed E-state index contributed by atoms with van der Waals surface area (Å²) in [6, 6.07) is 10.8. The summed E-state index contributed by atoms with van der Waals surface area (Å²) >= 11 is 5.98. The van der Waals surface area contributed by atoms with E-state index in [1.54, 1.807) is 29.4 Å². The molecule has 0 spiro atoms. The second kappa shape index (κ2) is 8.13. The first-order chi connectivity index (χ1) is 11.7. The second-order valence-corrected chi connectivity index (χ2v) is 6.25. The predicted molar refractivity (Wildman–Crippen MR) is 94.1 cm³/mol. The number of carbonyl (C=O) groups excluding carboxylic acids is 1. The van der Waals surface area contributed by atoms with Crippen LogP contribution < -0.4 is 5.32 Å². The van der Waals surface area contributed by atoms with Crippen LogP contribution in [0.1, 0.15) is 18.4 Å². The Bertz CT molecular complexity index is 675. The van der Waals surface area contributed by atoms with Crippen LogP contribution in [0.15, 0.2) is 48.8 Å². The van der Waals surface area contributed by atoms with Gasteiger partial charge in [-0.05, 0) is 48.7 Å². The SMILES string of the molecule is O=C(Nc1cccc(Cl)c1)N(Cc1ccncc1)C[C@@H]1CCCO1. The molecule has 24 heavy (non-hydrogen) atoms. The average molecular weight is 346 g/mol. The van der Waals surface area contributed by atoms with Crippen molar-refractivity contribution in [1.29, 1.82) is 0 Å². The molecule has 2 amide bonds. The standard InChI is InChI=1S/C18H20ClN3O2/c19-15-3-1-4-16(11-15)21-18(23)22(13-17-5-2-10-24-17)12-14-6-8-20-9-7-14/h1,3-4,6-9,11,17H,2,5,10,12-13H2,(H,21,23)/t17-/m0/s1. The van der Waals surface area contributed by atoms with Gasteiger partial charge in [0.1, 0.15) is 0 Å². The van der Waals surface area contributed by atoms with Crippen LogP contribution in [0.3, 0.4) is 0 Å². The van der Waals surface area contributed by atoms with E-state index in [4.69, 9.17) is 16.3 Å². The van der Waals surface area contributed by atoms with E-state index in [1.807, 2.05) is 24.3 Å². The minimum Gasteiger partial charge on any atom is -0.376 e. The lowest BCUT2D eigenvalue weighted by Gasteiger charge is -2.26. The van der Waals surface area contributed by atoms with E-state index >= 15 is 0 Å². The maximum absolute atomic E-state index is 12.7. The maximum Gasteiger partial charge on any atom is 0.322 e. The molecule has 0 saturated carbocycles. The van der Waals surface area contributed by atoms with Gasteiger partial charge in [0.25, 0.3) is 0 Å². The van der Waals surface area contributed by atoms with Crippen LogP contribution in [-0.4, -0.2) is 35.2 Å². The molecular weight excluding hydrogens is 326 g/mol. The molecule has 1 aliphatic heterocycles. The first kappa shape index (κ1) is 16.7. The van der Waals surface area contributed by atoms with Crippen molar-refractivity contribution in [2.45, 2.75) is 25.5 Å². The fourth-order valence-electron chi connectivity index (χ4n) is 2.73. The molecular formula is C18H20ClN3O2. The van der Waals surface area contributed by atoms with Gasteiger partial charge in [0.15, 0.2) is 0 Å². The molecule has 1 aromatic heterocycles. The van der Waals surface area contributed by atoms with Crippen LogP contribution in [0.25, 0.3) is 0 Å². The summed E-state index contributed by atoms with van der Waals surface area (Å²) in [6.07, 6.45) is 5.58. The van der Waals surface area contributed by atoms with Crippen LogP contribution >= 0.6 is 11.6 Å². The minimum atomic E-state index is -0.162. The van der Waals surface area contributed by atoms with E-state index in [-0.39, 0.29) is 12.1 Å². The van der Waals surface area contributed by atoms with E-state index in [0.717, 1.165) is 25.0 Å². The lowest BCUT2D eigenvalue weighted by atomic mass is 10.2. The molecule has 126 valence electrons. The molecule has 1 aromatic carbocycles. The zero-order valence-corrected chi connectivity index (χ0v) is 14.1. The smallest absolute Gasteiger partial charge is 0.322 e. The van der Waals surface area contributed by atoms with E-state index < -0.39 is 0 Å². The molecule has 2 heterocycles. The third kappa shape index (κ3) is 4.69. The monoisotopic (exact) mass is 345 g/mol. The number of halogens is 1. The Morgan fingerprint density at radius 2 is 2.17 bits per heavy atom. The summed E-state index contributed by atoms with van der Waals surface area (Å²) in [5.74, 6) is 0. The number of carbonyl (C=O) groups is 1. The number of anilines is 1. The number of hydrogen-bond donors (Lipinski definition) is 1. The number of benzene rings is 1. The Kier molecular flexibility index (Phi) is 5.67. The first-order valence-electron chi connectivity index (χ1n) is 8.03. The number of hydrogen-bond acceptors (Lipinski definition) is 3. The molecule has 2 aromatic rings. The topological polar surface area (TPSA) is 54.5 Å². The summed E-state index contributed by atoms with van der Waals surface area (Å²) in [5, 5.41) is 3.50. The zero-order chi connectivity index (χ0) is 16.8. The van der Waals surface area contributed by atoms with Gasteiger partial charge in [-0.1, -0.05) is 17.7 Å². The highest BCUT2D eigenvalue weighted by atomic mass is 35.5. The van der Waals surface area contributed by atoms with E-state index in [2.05, 4.69) is 10.3 Å². The highest BCUT2D eigenvalue weighted by molar-refractivity contribution is 6.30. The molecule has 1 N–H and O–H groups in total. The number of aromatic nitrogens is 1. The van der Waals surface area contributed by atoms with Crippen LogP contribution in [0, 0.1) is 0 Å². The van der Waals surface area contributed by atoms with Crippen LogP contribution in [-0.2, 0) is 11.3 Å². The van der Waals surface area contributed by atoms with Gasteiger partial charge in [0.05, 0.1) is 6.10 Å². The Morgan fingerprint density at radius 3 is 2.88 bits per heavy atom. The lowest BCUT2D eigenvalue weighted by Crippen LogP contribution is -2.39. The zero-order valence-electron chi connectivity index (χ0n) is 13.3. The largest absolute Gasteiger partial charge is 0.376 e. The van der Waals surface area contributed by atoms with Gasteiger partial charge in [-0.25, -0.2) is 4.79 Å². The van der Waals surface area contributed by atoms with Crippen molar-refractivity contribution >= 4 is 23.3 Å². The van der Waals surface area contributed by atoms with E-state index in [9.17, 15) is 4.79 Å². The normalized spacial score (nSPS) is 16.8. The van der Waals surface area contributed by atoms with Gasteiger partial charge >= 0.3 is 6.03 Å². The number of ether oxygens (including phenoxy) is 1. The fraction of sp³-hybridized carbons (Fsp3) is 0.333.